The zero-order valence-corrected chi connectivity index (χ0v) is 9.15. The third-order valence-electron chi connectivity index (χ3n) is 3.21. The van der Waals surface area contributed by atoms with E-state index in [0.29, 0.717) is 17.4 Å². The number of nitrogens with two attached hydrogens (primary N) is 1. The highest BCUT2D eigenvalue weighted by molar-refractivity contribution is 5.97. The van der Waals surface area contributed by atoms with Gasteiger partial charge in [-0.2, -0.15) is 0 Å². The first-order chi connectivity index (χ1) is 8.15. The number of hydrogen-bond donors (Lipinski definition) is 2. The molecule has 1 aromatic carbocycles. The SMILES string of the molecule is NC1C(=O)Nc2cc(F)ccc2OC1C1CC1. The number of benzene rings is 1. The number of nitrogens with one attached hydrogen (secondary N) is 1. The van der Waals surface area contributed by atoms with E-state index in [9.17, 15) is 9.18 Å². The lowest BCUT2D eigenvalue weighted by molar-refractivity contribution is -0.119. The van der Waals surface area contributed by atoms with Crippen molar-refractivity contribution < 1.29 is 13.9 Å². The van der Waals surface area contributed by atoms with Crippen LogP contribution in [0.3, 0.4) is 0 Å². The third kappa shape index (κ3) is 1.86. The Kier molecular flexibility index (Phi) is 2.29. The molecule has 4 nitrogen and oxygen atoms in total. The van der Waals surface area contributed by atoms with Crippen molar-refractivity contribution in [2.75, 3.05) is 5.32 Å². The first-order valence-electron chi connectivity index (χ1n) is 5.68. The van der Waals surface area contributed by atoms with Gasteiger partial charge >= 0.3 is 0 Å². The Morgan fingerprint density at radius 2 is 2.18 bits per heavy atom. The number of amides is 1. The highest BCUT2D eigenvalue weighted by atomic mass is 19.1. The molecule has 1 amide bonds. The number of rotatable bonds is 1. The molecule has 0 radical (unpaired) electrons. The van der Waals surface area contributed by atoms with Gasteiger partial charge in [0.15, 0.2) is 0 Å². The number of carbonyl (C=O) groups is 1. The van der Waals surface area contributed by atoms with E-state index in [4.69, 9.17) is 10.5 Å². The Balaban J connectivity index is 1.98. The molecule has 1 aromatic rings. The Hall–Kier alpha value is -1.62. The fraction of sp³-hybridized carbons (Fsp3) is 0.417. The van der Waals surface area contributed by atoms with E-state index >= 15 is 0 Å². The molecule has 2 aliphatic rings. The molecule has 5 heteroatoms. The van der Waals surface area contributed by atoms with Crippen molar-refractivity contribution in [3.63, 3.8) is 0 Å². The molecule has 0 aromatic heterocycles. The summed E-state index contributed by atoms with van der Waals surface area (Å²) in [4.78, 5) is 11.8. The maximum Gasteiger partial charge on any atom is 0.245 e. The summed E-state index contributed by atoms with van der Waals surface area (Å²) >= 11 is 0. The van der Waals surface area contributed by atoms with E-state index in [1.165, 1.54) is 18.2 Å². The molecule has 3 N–H and O–H groups in total. The summed E-state index contributed by atoms with van der Waals surface area (Å²) in [5.74, 6) is 0.105. The van der Waals surface area contributed by atoms with Crippen LogP contribution in [-0.4, -0.2) is 18.1 Å². The van der Waals surface area contributed by atoms with Crippen LogP contribution in [0.2, 0.25) is 0 Å². The first kappa shape index (κ1) is 10.5. The van der Waals surface area contributed by atoms with Crippen LogP contribution in [0, 0.1) is 11.7 Å². The Morgan fingerprint density at radius 1 is 1.41 bits per heavy atom. The number of halogens is 1. The second-order valence-electron chi connectivity index (χ2n) is 4.58. The maximum absolute atomic E-state index is 13.1. The van der Waals surface area contributed by atoms with Crippen LogP contribution in [0.25, 0.3) is 0 Å². The maximum atomic E-state index is 13.1. The summed E-state index contributed by atoms with van der Waals surface area (Å²) in [5.41, 5.74) is 6.21. The molecule has 1 heterocycles. The minimum atomic E-state index is -0.696. The number of hydrogen-bond acceptors (Lipinski definition) is 3. The van der Waals surface area contributed by atoms with E-state index in [1.54, 1.807) is 0 Å². The quantitative estimate of drug-likeness (QED) is 0.771. The minimum Gasteiger partial charge on any atom is -0.486 e. The standard InChI is InChI=1S/C12H13FN2O2/c13-7-3-4-9-8(5-7)15-12(16)10(14)11(17-9)6-1-2-6/h3-6,10-11H,1-2,14H2,(H,15,16). The van der Waals surface area contributed by atoms with Gasteiger partial charge in [0.1, 0.15) is 23.7 Å². The molecule has 1 saturated carbocycles. The monoisotopic (exact) mass is 236 g/mol. The van der Waals surface area contributed by atoms with Crippen molar-refractivity contribution in [1.29, 1.82) is 0 Å². The summed E-state index contributed by atoms with van der Waals surface area (Å²) in [5, 5.41) is 2.60. The molecule has 17 heavy (non-hydrogen) atoms. The second kappa shape index (κ2) is 3.70. The van der Waals surface area contributed by atoms with Gasteiger partial charge < -0.3 is 15.8 Å². The Bertz CT molecular complexity index is 474. The van der Waals surface area contributed by atoms with Crippen molar-refractivity contribution in [2.24, 2.45) is 11.7 Å². The van der Waals surface area contributed by atoms with Gasteiger partial charge in [0.05, 0.1) is 5.69 Å². The van der Waals surface area contributed by atoms with Gasteiger partial charge in [0.25, 0.3) is 0 Å². The summed E-state index contributed by atoms with van der Waals surface area (Å²) in [6, 6.07) is 3.39. The molecule has 3 rings (SSSR count). The number of ether oxygens (including phenoxy) is 1. The van der Waals surface area contributed by atoms with Crippen LogP contribution in [0.4, 0.5) is 10.1 Å². The van der Waals surface area contributed by atoms with Crippen LogP contribution in [0.5, 0.6) is 5.75 Å². The number of carbonyl (C=O) groups excluding carboxylic acids is 1. The highest BCUT2D eigenvalue weighted by Crippen LogP contribution is 2.39. The van der Waals surface area contributed by atoms with Gasteiger partial charge in [0.2, 0.25) is 5.91 Å². The number of anilines is 1. The molecule has 1 aliphatic carbocycles. The summed E-state index contributed by atoms with van der Waals surface area (Å²) in [7, 11) is 0. The number of fused-ring (bicyclic) bond motifs is 1. The average molecular weight is 236 g/mol. The zero-order chi connectivity index (χ0) is 12.0. The van der Waals surface area contributed by atoms with E-state index in [2.05, 4.69) is 5.32 Å². The summed E-state index contributed by atoms with van der Waals surface area (Å²) < 4.78 is 18.8. The van der Waals surface area contributed by atoms with Crippen molar-refractivity contribution >= 4 is 11.6 Å². The van der Waals surface area contributed by atoms with Crippen molar-refractivity contribution in [2.45, 2.75) is 25.0 Å². The first-order valence-corrected chi connectivity index (χ1v) is 5.68. The van der Waals surface area contributed by atoms with Gasteiger partial charge in [-0.15, -0.1) is 0 Å². The molecule has 0 bridgehead atoms. The minimum absolute atomic E-state index is 0.304. The van der Waals surface area contributed by atoms with Gasteiger partial charge in [-0.1, -0.05) is 0 Å². The molecule has 0 saturated heterocycles. The lowest BCUT2D eigenvalue weighted by Gasteiger charge is -2.20. The van der Waals surface area contributed by atoms with Crippen molar-refractivity contribution in [3.05, 3.63) is 24.0 Å². The predicted molar refractivity (Wildman–Crippen MR) is 60.1 cm³/mol. The predicted octanol–water partition coefficient (Wildman–Crippen LogP) is 1.26. The fourth-order valence-corrected chi connectivity index (χ4v) is 2.10. The molecule has 90 valence electrons. The third-order valence-corrected chi connectivity index (χ3v) is 3.21. The normalized spacial score (nSPS) is 27.8. The second-order valence-corrected chi connectivity index (χ2v) is 4.58. The molecule has 1 fully saturated rings. The fourth-order valence-electron chi connectivity index (χ4n) is 2.10. The van der Waals surface area contributed by atoms with E-state index in [1.807, 2.05) is 0 Å². The molecule has 0 spiro atoms. The van der Waals surface area contributed by atoms with E-state index in [-0.39, 0.29) is 12.0 Å². The van der Waals surface area contributed by atoms with Gasteiger partial charge in [-0.25, -0.2) is 4.39 Å². The average Bonchev–Trinajstić information content (AvgIpc) is 3.10. The lowest BCUT2D eigenvalue weighted by Crippen LogP contribution is -2.47. The van der Waals surface area contributed by atoms with E-state index < -0.39 is 11.9 Å². The van der Waals surface area contributed by atoms with Crippen LogP contribution >= 0.6 is 0 Å². The molecule has 1 aliphatic heterocycles. The van der Waals surface area contributed by atoms with Gasteiger partial charge in [0, 0.05) is 6.07 Å². The van der Waals surface area contributed by atoms with Gasteiger partial charge in [-0.05, 0) is 30.9 Å². The molecule has 2 unspecified atom stereocenters. The lowest BCUT2D eigenvalue weighted by atomic mass is 10.1. The molecule has 2 atom stereocenters. The van der Waals surface area contributed by atoms with Crippen LogP contribution in [0.15, 0.2) is 18.2 Å². The summed E-state index contributed by atoms with van der Waals surface area (Å²) in [6.45, 7) is 0. The van der Waals surface area contributed by atoms with E-state index in [0.717, 1.165) is 12.8 Å². The highest BCUT2D eigenvalue weighted by Gasteiger charge is 2.41. The topological polar surface area (TPSA) is 64.4 Å². The molecular weight excluding hydrogens is 223 g/mol. The Morgan fingerprint density at radius 3 is 2.88 bits per heavy atom. The summed E-state index contributed by atoms with van der Waals surface area (Å²) in [6.07, 6.45) is 1.76. The van der Waals surface area contributed by atoms with Crippen LogP contribution in [0.1, 0.15) is 12.8 Å². The van der Waals surface area contributed by atoms with Crippen LogP contribution in [-0.2, 0) is 4.79 Å². The molecular formula is C12H13FN2O2. The Labute approximate surface area is 97.9 Å². The van der Waals surface area contributed by atoms with Gasteiger partial charge in [-0.3, -0.25) is 4.79 Å². The van der Waals surface area contributed by atoms with Crippen molar-refractivity contribution in [3.8, 4) is 5.75 Å². The smallest absolute Gasteiger partial charge is 0.245 e. The largest absolute Gasteiger partial charge is 0.486 e. The van der Waals surface area contributed by atoms with Crippen LogP contribution < -0.4 is 15.8 Å². The van der Waals surface area contributed by atoms with Crippen molar-refractivity contribution in [1.82, 2.24) is 0 Å². The zero-order valence-electron chi connectivity index (χ0n) is 9.15.